The zero-order chi connectivity index (χ0) is 13.1. The normalized spacial score (nSPS) is 10.1. The molecule has 0 aromatic heterocycles. The lowest BCUT2D eigenvalue weighted by atomic mass is 10.1. The van der Waals surface area contributed by atoms with E-state index in [1.54, 1.807) is 18.2 Å². The van der Waals surface area contributed by atoms with Gasteiger partial charge in [0.1, 0.15) is 0 Å². The minimum Gasteiger partial charge on any atom is -0.399 e. The van der Waals surface area contributed by atoms with Crippen LogP contribution in [-0.2, 0) is 0 Å². The van der Waals surface area contributed by atoms with E-state index in [0.29, 0.717) is 5.56 Å². The molecule has 0 saturated heterocycles. The first-order valence-electron chi connectivity index (χ1n) is 5.50. The number of rotatable bonds is 2. The molecule has 0 aliphatic rings. The van der Waals surface area contributed by atoms with Crippen LogP contribution in [0.25, 0.3) is 0 Å². The Morgan fingerprint density at radius 3 is 2.61 bits per heavy atom. The summed E-state index contributed by atoms with van der Waals surface area (Å²) < 4.78 is 0.930. The second-order valence-electron chi connectivity index (χ2n) is 4.01. The van der Waals surface area contributed by atoms with Crippen LogP contribution < -0.4 is 11.1 Å². The molecule has 0 aliphatic carbocycles. The highest BCUT2D eigenvalue weighted by Gasteiger charge is 2.09. The number of anilines is 2. The van der Waals surface area contributed by atoms with Crippen molar-refractivity contribution in [3.05, 3.63) is 57.2 Å². The highest BCUT2D eigenvalue weighted by Crippen LogP contribution is 2.18. The third-order valence-electron chi connectivity index (χ3n) is 2.65. The largest absolute Gasteiger partial charge is 0.399 e. The van der Waals surface area contributed by atoms with Gasteiger partial charge in [-0.1, -0.05) is 12.1 Å². The number of benzene rings is 2. The lowest BCUT2D eigenvalue weighted by Crippen LogP contribution is -2.13. The number of carbonyl (C=O) groups excluding carboxylic acids is 1. The zero-order valence-corrected chi connectivity index (χ0v) is 12.1. The highest BCUT2D eigenvalue weighted by atomic mass is 127. The molecule has 2 aromatic rings. The summed E-state index contributed by atoms with van der Waals surface area (Å²) in [7, 11) is 0. The average molecular weight is 352 g/mol. The lowest BCUT2D eigenvalue weighted by molar-refractivity contribution is 0.102. The van der Waals surface area contributed by atoms with Crippen molar-refractivity contribution in [3.8, 4) is 0 Å². The first kappa shape index (κ1) is 12.9. The van der Waals surface area contributed by atoms with Gasteiger partial charge in [0.05, 0.1) is 5.56 Å². The summed E-state index contributed by atoms with van der Waals surface area (Å²) in [5.74, 6) is -0.107. The van der Waals surface area contributed by atoms with E-state index in [4.69, 9.17) is 5.73 Å². The molecular weight excluding hydrogens is 339 g/mol. The average Bonchev–Trinajstić information content (AvgIpc) is 2.34. The topological polar surface area (TPSA) is 55.1 Å². The summed E-state index contributed by atoms with van der Waals surface area (Å²) in [6, 6.07) is 12.9. The fourth-order valence-corrected chi connectivity index (χ4v) is 2.23. The van der Waals surface area contributed by atoms with E-state index in [-0.39, 0.29) is 5.91 Å². The molecule has 2 rings (SSSR count). The van der Waals surface area contributed by atoms with E-state index in [1.165, 1.54) is 0 Å². The fraction of sp³-hybridized carbons (Fsp3) is 0.0714. The van der Waals surface area contributed by atoms with Gasteiger partial charge in [0, 0.05) is 14.9 Å². The molecule has 0 atom stereocenters. The van der Waals surface area contributed by atoms with E-state index >= 15 is 0 Å². The molecule has 18 heavy (non-hydrogen) atoms. The Bertz CT molecular complexity index is 596. The molecule has 1 amide bonds. The third kappa shape index (κ3) is 2.81. The van der Waals surface area contributed by atoms with E-state index < -0.39 is 0 Å². The Morgan fingerprint density at radius 1 is 1.22 bits per heavy atom. The van der Waals surface area contributed by atoms with Crippen LogP contribution in [-0.4, -0.2) is 5.91 Å². The maximum Gasteiger partial charge on any atom is 0.256 e. The Balaban J connectivity index is 2.22. The van der Waals surface area contributed by atoms with Crippen molar-refractivity contribution in [2.45, 2.75) is 6.92 Å². The van der Waals surface area contributed by atoms with Crippen molar-refractivity contribution in [1.82, 2.24) is 0 Å². The SMILES string of the molecule is Cc1cc(NC(=O)c2ccccc2I)ccc1N. The van der Waals surface area contributed by atoms with E-state index in [1.807, 2.05) is 31.2 Å². The number of nitrogen functional groups attached to an aromatic ring is 1. The van der Waals surface area contributed by atoms with Gasteiger partial charge in [0.2, 0.25) is 0 Å². The van der Waals surface area contributed by atoms with Gasteiger partial charge in [0.25, 0.3) is 5.91 Å². The van der Waals surface area contributed by atoms with Crippen molar-refractivity contribution in [2.24, 2.45) is 0 Å². The third-order valence-corrected chi connectivity index (χ3v) is 3.59. The molecule has 0 fully saturated rings. The summed E-state index contributed by atoms with van der Waals surface area (Å²) in [5.41, 5.74) is 8.85. The highest BCUT2D eigenvalue weighted by molar-refractivity contribution is 14.1. The molecule has 4 heteroatoms. The van der Waals surface area contributed by atoms with Crippen molar-refractivity contribution in [1.29, 1.82) is 0 Å². The van der Waals surface area contributed by atoms with Crippen LogP contribution in [0.5, 0.6) is 0 Å². The minimum atomic E-state index is -0.107. The molecule has 0 spiro atoms. The van der Waals surface area contributed by atoms with Crippen LogP contribution in [0.1, 0.15) is 15.9 Å². The number of amides is 1. The quantitative estimate of drug-likeness (QED) is 0.643. The summed E-state index contributed by atoms with van der Waals surface area (Å²) >= 11 is 2.15. The Labute approximate surface area is 120 Å². The number of nitrogens with two attached hydrogens (primary N) is 1. The molecule has 92 valence electrons. The Hall–Kier alpha value is -1.56. The molecule has 3 nitrogen and oxygen atoms in total. The van der Waals surface area contributed by atoms with Gasteiger partial charge in [-0.05, 0) is 65.4 Å². The second kappa shape index (κ2) is 5.39. The number of aryl methyl sites for hydroxylation is 1. The van der Waals surface area contributed by atoms with E-state index in [9.17, 15) is 4.79 Å². The first-order valence-corrected chi connectivity index (χ1v) is 6.58. The maximum absolute atomic E-state index is 12.1. The van der Waals surface area contributed by atoms with Crippen molar-refractivity contribution < 1.29 is 4.79 Å². The molecule has 0 heterocycles. The van der Waals surface area contributed by atoms with Crippen molar-refractivity contribution in [2.75, 3.05) is 11.1 Å². The molecule has 0 unspecified atom stereocenters. The Kier molecular flexibility index (Phi) is 3.86. The van der Waals surface area contributed by atoms with Gasteiger partial charge in [-0.25, -0.2) is 0 Å². The fourth-order valence-electron chi connectivity index (χ4n) is 1.60. The molecule has 3 N–H and O–H groups in total. The number of nitrogens with one attached hydrogen (secondary N) is 1. The van der Waals surface area contributed by atoms with E-state index in [2.05, 4.69) is 27.9 Å². The summed E-state index contributed by atoms with van der Waals surface area (Å²) in [6.45, 7) is 1.91. The van der Waals surface area contributed by atoms with Gasteiger partial charge in [0.15, 0.2) is 0 Å². The number of hydrogen-bond donors (Lipinski definition) is 2. The summed E-state index contributed by atoms with van der Waals surface area (Å²) in [4.78, 5) is 12.1. The maximum atomic E-state index is 12.1. The number of hydrogen-bond acceptors (Lipinski definition) is 2. The summed E-state index contributed by atoms with van der Waals surface area (Å²) in [5, 5.41) is 2.87. The smallest absolute Gasteiger partial charge is 0.256 e. The van der Waals surface area contributed by atoms with Crippen LogP contribution in [0.15, 0.2) is 42.5 Å². The van der Waals surface area contributed by atoms with Crippen LogP contribution in [0, 0.1) is 10.5 Å². The van der Waals surface area contributed by atoms with Gasteiger partial charge in [-0.3, -0.25) is 4.79 Å². The van der Waals surface area contributed by atoms with Crippen LogP contribution in [0.3, 0.4) is 0 Å². The molecule has 0 aliphatic heterocycles. The van der Waals surface area contributed by atoms with Crippen molar-refractivity contribution in [3.63, 3.8) is 0 Å². The first-order chi connectivity index (χ1) is 8.58. The van der Waals surface area contributed by atoms with Crippen LogP contribution in [0.4, 0.5) is 11.4 Å². The minimum absolute atomic E-state index is 0.107. The van der Waals surface area contributed by atoms with Gasteiger partial charge < -0.3 is 11.1 Å². The predicted octanol–water partition coefficient (Wildman–Crippen LogP) is 3.43. The molecule has 2 aromatic carbocycles. The van der Waals surface area contributed by atoms with Crippen molar-refractivity contribution >= 4 is 39.9 Å². The van der Waals surface area contributed by atoms with Crippen LogP contribution >= 0.6 is 22.6 Å². The number of halogens is 1. The molecular formula is C14H13IN2O. The van der Waals surface area contributed by atoms with Gasteiger partial charge in [-0.15, -0.1) is 0 Å². The lowest BCUT2D eigenvalue weighted by Gasteiger charge is -2.08. The summed E-state index contributed by atoms with van der Waals surface area (Å²) in [6.07, 6.45) is 0. The van der Waals surface area contributed by atoms with Gasteiger partial charge >= 0.3 is 0 Å². The van der Waals surface area contributed by atoms with Gasteiger partial charge in [-0.2, -0.15) is 0 Å². The predicted molar refractivity (Wildman–Crippen MR) is 82.7 cm³/mol. The standard InChI is InChI=1S/C14H13IN2O/c1-9-8-10(6-7-13(9)16)17-14(18)11-4-2-3-5-12(11)15/h2-8H,16H2,1H3,(H,17,18). The van der Waals surface area contributed by atoms with E-state index in [0.717, 1.165) is 20.5 Å². The Morgan fingerprint density at radius 2 is 1.94 bits per heavy atom. The second-order valence-corrected chi connectivity index (χ2v) is 5.17. The monoisotopic (exact) mass is 352 g/mol. The molecule has 0 radical (unpaired) electrons. The molecule has 0 saturated carbocycles. The molecule has 0 bridgehead atoms. The van der Waals surface area contributed by atoms with Crippen LogP contribution in [0.2, 0.25) is 0 Å². The number of carbonyl (C=O) groups is 1. The zero-order valence-electron chi connectivity index (χ0n) is 9.91.